The molecule has 21 heavy (non-hydrogen) atoms. The number of nitrogens with zero attached hydrogens (tertiary/aromatic N) is 2. The molecule has 1 aromatic rings. The molecule has 8 heteroatoms. The van der Waals surface area contributed by atoms with Crippen LogP contribution in [0, 0.1) is 0 Å². The monoisotopic (exact) mass is 327 g/mol. The second-order valence-corrected chi connectivity index (χ2v) is 6.49. The molecule has 1 unspecified atom stereocenters. The Bertz CT molecular complexity index is 650. The number of thioether (sulfide) groups is 1. The Hall–Kier alpha value is -1.73. The van der Waals surface area contributed by atoms with Crippen LogP contribution in [-0.2, 0) is 14.5 Å². The number of phenols is 1. The van der Waals surface area contributed by atoms with Gasteiger partial charge in [-0.15, -0.1) is 5.10 Å². The van der Waals surface area contributed by atoms with Crippen molar-refractivity contribution >= 4 is 40.3 Å². The lowest BCUT2D eigenvalue weighted by atomic mass is 10.1. The Morgan fingerprint density at radius 3 is 2.67 bits per heavy atom. The largest absolute Gasteiger partial charge is 0.508 e. The van der Waals surface area contributed by atoms with Crippen molar-refractivity contribution in [2.75, 3.05) is 0 Å². The van der Waals surface area contributed by atoms with Crippen molar-refractivity contribution in [2.45, 2.75) is 25.6 Å². The Kier molecular flexibility index (Phi) is 4.15. The molecular formula is C13H14ClN3O3S. The smallest absolute Gasteiger partial charge is 0.241 e. The number of amides is 2. The van der Waals surface area contributed by atoms with E-state index in [0.717, 1.165) is 11.8 Å². The van der Waals surface area contributed by atoms with Crippen LogP contribution in [-0.4, -0.2) is 27.1 Å². The van der Waals surface area contributed by atoms with E-state index in [1.165, 1.54) is 24.9 Å². The van der Waals surface area contributed by atoms with Crippen molar-refractivity contribution in [1.82, 2.24) is 10.3 Å². The molecule has 112 valence electrons. The van der Waals surface area contributed by atoms with E-state index in [1.54, 1.807) is 19.1 Å². The van der Waals surface area contributed by atoms with E-state index in [9.17, 15) is 14.7 Å². The van der Waals surface area contributed by atoms with Gasteiger partial charge < -0.3 is 10.4 Å². The summed E-state index contributed by atoms with van der Waals surface area (Å²) in [6.07, 6.45) is 0. The summed E-state index contributed by atoms with van der Waals surface area (Å²) in [7, 11) is 0. The highest BCUT2D eigenvalue weighted by atomic mass is 35.5. The van der Waals surface area contributed by atoms with E-state index < -0.39 is 4.87 Å². The van der Waals surface area contributed by atoms with Gasteiger partial charge >= 0.3 is 0 Å². The van der Waals surface area contributed by atoms with Crippen LogP contribution < -0.4 is 5.32 Å². The first-order valence-electron chi connectivity index (χ1n) is 6.09. The number of hydrogen-bond donors (Lipinski definition) is 2. The minimum Gasteiger partial charge on any atom is -0.508 e. The third-order valence-electron chi connectivity index (χ3n) is 2.93. The molecule has 0 saturated carbocycles. The molecule has 6 nitrogen and oxygen atoms in total. The Balaban J connectivity index is 2.47. The lowest BCUT2D eigenvalue weighted by molar-refractivity contribution is -0.131. The highest BCUT2D eigenvalue weighted by Gasteiger charge is 2.45. The van der Waals surface area contributed by atoms with Gasteiger partial charge in [0.2, 0.25) is 11.8 Å². The molecule has 1 aliphatic rings. The van der Waals surface area contributed by atoms with Crippen molar-refractivity contribution in [3.63, 3.8) is 0 Å². The molecule has 0 bridgehead atoms. The van der Waals surface area contributed by atoms with Crippen LogP contribution in [0.15, 0.2) is 23.3 Å². The van der Waals surface area contributed by atoms with E-state index in [0.29, 0.717) is 15.8 Å². The zero-order chi connectivity index (χ0) is 15.8. The topological polar surface area (TPSA) is 82.0 Å². The standard InChI is InChI=1S/C13H14ClN3O3S/c1-7(18)15-12-16-17(8(2)19)13(3,21-12)10-6-9(14)4-5-11(10)20/h4-6,20H,1-3H3,(H,15,16,18). The van der Waals surface area contributed by atoms with Gasteiger partial charge in [0, 0.05) is 24.4 Å². The predicted molar refractivity (Wildman–Crippen MR) is 81.8 cm³/mol. The average Bonchev–Trinajstić information content (AvgIpc) is 2.69. The number of aromatic hydroxyl groups is 1. The van der Waals surface area contributed by atoms with Crippen molar-refractivity contribution in [2.24, 2.45) is 5.10 Å². The summed E-state index contributed by atoms with van der Waals surface area (Å²) in [5.41, 5.74) is 0.444. The molecule has 2 rings (SSSR count). The quantitative estimate of drug-likeness (QED) is 0.828. The SMILES string of the molecule is CC(=O)NC1=NN(C(C)=O)C(C)(c2cc(Cl)ccc2O)S1. The van der Waals surface area contributed by atoms with Gasteiger partial charge in [0.25, 0.3) is 0 Å². The van der Waals surface area contributed by atoms with Gasteiger partial charge in [-0.25, -0.2) is 5.01 Å². The van der Waals surface area contributed by atoms with Gasteiger partial charge in [-0.1, -0.05) is 23.4 Å². The second-order valence-electron chi connectivity index (χ2n) is 4.66. The van der Waals surface area contributed by atoms with E-state index in [2.05, 4.69) is 10.4 Å². The van der Waals surface area contributed by atoms with Gasteiger partial charge in [0.15, 0.2) is 5.17 Å². The molecule has 0 aromatic heterocycles. The number of carbonyl (C=O) groups is 2. The summed E-state index contributed by atoms with van der Waals surface area (Å²) in [6.45, 7) is 4.44. The Morgan fingerprint density at radius 1 is 1.43 bits per heavy atom. The summed E-state index contributed by atoms with van der Waals surface area (Å²) in [5.74, 6) is -0.603. The number of phenolic OH excluding ortho intramolecular Hbond substituents is 1. The molecule has 2 N–H and O–H groups in total. The van der Waals surface area contributed by atoms with Gasteiger partial charge in [-0.05, 0) is 25.1 Å². The number of benzene rings is 1. The first-order valence-corrected chi connectivity index (χ1v) is 7.28. The summed E-state index contributed by atoms with van der Waals surface area (Å²) < 4.78 is 0. The summed E-state index contributed by atoms with van der Waals surface area (Å²) in [4.78, 5) is 22.0. The maximum Gasteiger partial charge on any atom is 0.241 e. The third kappa shape index (κ3) is 2.98. The molecule has 1 aromatic carbocycles. The first kappa shape index (κ1) is 15.7. The first-order chi connectivity index (χ1) is 9.74. The lowest BCUT2D eigenvalue weighted by Crippen LogP contribution is -2.37. The second kappa shape index (κ2) is 5.57. The normalized spacial score (nSPS) is 21.1. The van der Waals surface area contributed by atoms with E-state index in [-0.39, 0.29) is 17.6 Å². The maximum absolute atomic E-state index is 11.8. The third-order valence-corrected chi connectivity index (χ3v) is 4.33. The fraction of sp³-hybridized carbons (Fsp3) is 0.308. The zero-order valence-corrected chi connectivity index (χ0v) is 13.2. The molecule has 0 aliphatic carbocycles. The fourth-order valence-corrected chi connectivity index (χ4v) is 3.45. The van der Waals surface area contributed by atoms with Crippen LogP contribution >= 0.6 is 23.4 Å². The Morgan fingerprint density at radius 2 is 2.10 bits per heavy atom. The highest BCUT2D eigenvalue weighted by molar-refractivity contribution is 8.14. The molecule has 0 saturated heterocycles. The van der Waals surface area contributed by atoms with Gasteiger partial charge in [-0.3, -0.25) is 9.59 Å². The molecule has 1 aliphatic heterocycles. The van der Waals surface area contributed by atoms with E-state index in [4.69, 9.17) is 11.6 Å². The van der Waals surface area contributed by atoms with Crippen LogP contribution in [0.5, 0.6) is 5.75 Å². The summed E-state index contributed by atoms with van der Waals surface area (Å²) >= 11 is 7.13. The maximum atomic E-state index is 11.8. The molecule has 2 amide bonds. The minimum atomic E-state index is -0.988. The molecule has 0 radical (unpaired) electrons. The lowest BCUT2D eigenvalue weighted by Gasteiger charge is -2.31. The number of hydrazone groups is 1. The van der Waals surface area contributed by atoms with Crippen molar-refractivity contribution in [1.29, 1.82) is 0 Å². The highest BCUT2D eigenvalue weighted by Crippen LogP contribution is 2.48. The van der Waals surface area contributed by atoms with Crippen LogP contribution in [0.3, 0.4) is 0 Å². The predicted octanol–water partition coefficient (Wildman–Crippen LogP) is 2.22. The van der Waals surface area contributed by atoms with Crippen LogP contribution in [0.1, 0.15) is 26.3 Å². The van der Waals surface area contributed by atoms with Crippen LogP contribution in [0.2, 0.25) is 5.02 Å². The Labute approximate surface area is 131 Å². The minimum absolute atomic E-state index is 0.0000694. The zero-order valence-electron chi connectivity index (χ0n) is 11.7. The van der Waals surface area contributed by atoms with Gasteiger partial charge in [0.05, 0.1) is 0 Å². The van der Waals surface area contributed by atoms with E-state index in [1.807, 2.05) is 0 Å². The summed E-state index contributed by atoms with van der Waals surface area (Å²) in [6, 6.07) is 4.58. The van der Waals surface area contributed by atoms with E-state index >= 15 is 0 Å². The van der Waals surface area contributed by atoms with Gasteiger partial charge in [0.1, 0.15) is 10.6 Å². The van der Waals surface area contributed by atoms with Gasteiger partial charge in [-0.2, -0.15) is 0 Å². The number of nitrogens with one attached hydrogen (secondary N) is 1. The molecule has 0 fully saturated rings. The summed E-state index contributed by atoms with van der Waals surface area (Å²) in [5, 5.41) is 18.7. The number of rotatable bonds is 1. The van der Waals surface area contributed by atoms with Crippen molar-refractivity contribution < 1.29 is 14.7 Å². The number of amidine groups is 1. The molecule has 0 spiro atoms. The van der Waals surface area contributed by atoms with Crippen molar-refractivity contribution in [3.8, 4) is 5.75 Å². The molecule has 1 heterocycles. The van der Waals surface area contributed by atoms with Crippen molar-refractivity contribution in [3.05, 3.63) is 28.8 Å². The molecular weight excluding hydrogens is 314 g/mol. The van der Waals surface area contributed by atoms with Crippen LogP contribution in [0.25, 0.3) is 0 Å². The average molecular weight is 328 g/mol. The number of halogens is 1. The fourth-order valence-electron chi connectivity index (χ4n) is 2.06. The molecule has 1 atom stereocenters. The number of hydrogen-bond acceptors (Lipinski definition) is 5. The number of carbonyl (C=O) groups excluding carboxylic acids is 2. The van der Waals surface area contributed by atoms with Crippen LogP contribution in [0.4, 0.5) is 0 Å².